The first-order valence-electron chi connectivity index (χ1n) is 9.83. The first-order chi connectivity index (χ1) is 14.6. The monoisotopic (exact) mass is 401 g/mol. The third kappa shape index (κ3) is 3.74. The molecule has 2 heterocycles. The highest BCUT2D eigenvalue weighted by Gasteiger charge is 2.15. The average molecular weight is 401 g/mol. The first-order valence-corrected chi connectivity index (χ1v) is 9.83. The van der Waals surface area contributed by atoms with Crippen LogP contribution in [-0.4, -0.2) is 24.8 Å². The molecule has 2 aromatic carbocycles. The minimum atomic E-state index is -0.291. The molecule has 0 aliphatic carbocycles. The van der Waals surface area contributed by atoms with Gasteiger partial charge in [-0.3, -0.25) is 4.98 Å². The van der Waals surface area contributed by atoms with E-state index in [4.69, 9.17) is 4.74 Å². The maximum absolute atomic E-state index is 12.4. The summed E-state index contributed by atoms with van der Waals surface area (Å²) >= 11 is 0. The van der Waals surface area contributed by atoms with Crippen molar-refractivity contribution in [2.45, 2.75) is 26.9 Å². The molecule has 0 bridgehead atoms. The molecule has 0 unspecified atom stereocenters. The first kappa shape index (κ1) is 19.6. The summed E-state index contributed by atoms with van der Waals surface area (Å²) in [5, 5.41) is 7.82. The standard InChI is InChI=1S/C23H23N5O2/c1-4-17-8-7-10-21(28-23(29)27(3)25-26-28)19(17)15-30-22-12-11-18(14-16(22)2)20-9-5-6-13-24-20/h5-14H,4,15H2,1-3H3. The van der Waals surface area contributed by atoms with Crippen LogP contribution in [0.4, 0.5) is 0 Å². The zero-order valence-corrected chi connectivity index (χ0v) is 17.2. The number of aryl methyl sites for hydroxylation is 3. The summed E-state index contributed by atoms with van der Waals surface area (Å²) in [6, 6.07) is 17.7. The van der Waals surface area contributed by atoms with Gasteiger partial charge in [0.15, 0.2) is 0 Å². The number of hydrogen-bond donors (Lipinski definition) is 0. The Morgan fingerprint density at radius 1 is 1.03 bits per heavy atom. The quantitative estimate of drug-likeness (QED) is 0.494. The highest BCUT2D eigenvalue weighted by molar-refractivity contribution is 5.61. The average Bonchev–Trinajstić information content (AvgIpc) is 3.11. The fourth-order valence-corrected chi connectivity index (χ4v) is 3.44. The molecule has 0 saturated carbocycles. The van der Waals surface area contributed by atoms with Crippen LogP contribution in [0.1, 0.15) is 23.6 Å². The third-order valence-electron chi connectivity index (χ3n) is 5.09. The molecule has 0 amide bonds. The Balaban J connectivity index is 1.64. The minimum Gasteiger partial charge on any atom is -0.489 e. The molecule has 0 radical (unpaired) electrons. The summed E-state index contributed by atoms with van der Waals surface area (Å²) in [4.78, 5) is 16.8. The van der Waals surface area contributed by atoms with Crippen molar-refractivity contribution < 1.29 is 4.74 Å². The normalized spacial score (nSPS) is 10.9. The molecule has 7 heteroatoms. The van der Waals surface area contributed by atoms with Gasteiger partial charge in [-0.15, -0.1) is 0 Å². The predicted molar refractivity (Wildman–Crippen MR) is 115 cm³/mol. The second-order valence-electron chi connectivity index (χ2n) is 7.05. The topological polar surface area (TPSA) is 74.8 Å². The Labute approximate surface area is 174 Å². The van der Waals surface area contributed by atoms with E-state index < -0.39 is 0 Å². The van der Waals surface area contributed by atoms with E-state index in [1.807, 2.05) is 55.5 Å². The van der Waals surface area contributed by atoms with E-state index in [2.05, 4.69) is 28.4 Å². The van der Waals surface area contributed by atoms with Crippen LogP contribution < -0.4 is 10.4 Å². The molecule has 4 rings (SSSR count). The lowest BCUT2D eigenvalue weighted by molar-refractivity contribution is 0.302. The van der Waals surface area contributed by atoms with Crippen molar-refractivity contribution in [2.75, 3.05) is 0 Å². The summed E-state index contributed by atoms with van der Waals surface area (Å²) in [7, 11) is 1.58. The van der Waals surface area contributed by atoms with Gasteiger partial charge < -0.3 is 4.74 Å². The Morgan fingerprint density at radius 2 is 1.90 bits per heavy atom. The van der Waals surface area contributed by atoms with E-state index >= 15 is 0 Å². The number of rotatable bonds is 6. The molecular formula is C23H23N5O2. The molecule has 30 heavy (non-hydrogen) atoms. The summed E-state index contributed by atoms with van der Waals surface area (Å²) in [5.41, 5.74) is 5.42. The number of ether oxygens (including phenoxy) is 1. The highest BCUT2D eigenvalue weighted by atomic mass is 16.5. The van der Waals surface area contributed by atoms with Crippen molar-refractivity contribution in [2.24, 2.45) is 7.05 Å². The van der Waals surface area contributed by atoms with Gasteiger partial charge in [-0.1, -0.05) is 25.1 Å². The molecule has 152 valence electrons. The summed E-state index contributed by atoms with van der Waals surface area (Å²) in [6.45, 7) is 4.42. The lowest BCUT2D eigenvalue weighted by atomic mass is 10.0. The van der Waals surface area contributed by atoms with Gasteiger partial charge in [0.1, 0.15) is 12.4 Å². The molecule has 0 fully saturated rings. The zero-order chi connectivity index (χ0) is 21.1. The fraction of sp³-hybridized carbons (Fsp3) is 0.217. The van der Waals surface area contributed by atoms with E-state index in [-0.39, 0.29) is 5.69 Å². The minimum absolute atomic E-state index is 0.291. The van der Waals surface area contributed by atoms with Crippen LogP contribution >= 0.6 is 0 Å². The van der Waals surface area contributed by atoms with Gasteiger partial charge in [-0.25, -0.2) is 4.79 Å². The van der Waals surface area contributed by atoms with Crippen molar-refractivity contribution in [1.82, 2.24) is 24.8 Å². The number of tetrazole rings is 1. The van der Waals surface area contributed by atoms with Crippen molar-refractivity contribution >= 4 is 0 Å². The molecular weight excluding hydrogens is 378 g/mol. The smallest absolute Gasteiger partial charge is 0.368 e. The van der Waals surface area contributed by atoms with Crippen LogP contribution in [0.15, 0.2) is 65.6 Å². The van der Waals surface area contributed by atoms with Crippen LogP contribution in [0.3, 0.4) is 0 Å². The molecule has 0 saturated heterocycles. The van der Waals surface area contributed by atoms with E-state index in [1.54, 1.807) is 13.2 Å². The number of pyridine rings is 1. The maximum atomic E-state index is 12.4. The predicted octanol–water partition coefficient (Wildman–Crippen LogP) is 3.48. The van der Waals surface area contributed by atoms with Gasteiger partial charge in [0.2, 0.25) is 0 Å². The number of hydrogen-bond acceptors (Lipinski definition) is 5. The van der Waals surface area contributed by atoms with Crippen LogP contribution in [0.25, 0.3) is 16.9 Å². The molecule has 2 aromatic heterocycles. The molecule has 0 spiro atoms. The Morgan fingerprint density at radius 3 is 2.57 bits per heavy atom. The maximum Gasteiger partial charge on any atom is 0.368 e. The lowest BCUT2D eigenvalue weighted by Crippen LogP contribution is -2.23. The fourth-order valence-electron chi connectivity index (χ4n) is 3.44. The van der Waals surface area contributed by atoms with Crippen LogP contribution in [-0.2, 0) is 20.1 Å². The highest BCUT2D eigenvalue weighted by Crippen LogP contribution is 2.27. The van der Waals surface area contributed by atoms with Crippen molar-refractivity contribution in [3.05, 3.63) is 88.0 Å². The van der Waals surface area contributed by atoms with E-state index in [0.29, 0.717) is 12.3 Å². The molecule has 0 atom stereocenters. The van der Waals surface area contributed by atoms with E-state index in [1.165, 1.54) is 9.36 Å². The Kier molecular flexibility index (Phi) is 5.43. The van der Waals surface area contributed by atoms with Gasteiger partial charge in [0.25, 0.3) is 0 Å². The number of nitrogens with zero attached hydrogens (tertiary/aromatic N) is 5. The Hall–Kier alpha value is -3.74. The molecule has 7 nitrogen and oxygen atoms in total. The van der Waals surface area contributed by atoms with E-state index in [9.17, 15) is 4.79 Å². The summed E-state index contributed by atoms with van der Waals surface area (Å²) in [6.07, 6.45) is 2.60. The molecule has 4 aromatic rings. The van der Waals surface area contributed by atoms with Crippen molar-refractivity contribution in [3.8, 4) is 22.7 Å². The SMILES string of the molecule is CCc1cccc(-n2nnn(C)c2=O)c1COc1ccc(-c2ccccn2)cc1C. The third-order valence-corrected chi connectivity index (χ3v) is 5.09. The van der Waals surface area contributed by atoms with Crippen molar-refractivity contribution in [3.63, 3.8) is 0 Å². The van der Waals surface area contributed by atoms with Gasteiger partial charge in [0, 0.05) is 24.4 Å². The van der Waals surface area contributed by atoms with E-state index in [0.717, 1.165) is 40.1 Å². The zero-order valence-electron chi connectivity index (χ0n) is 17.2. The van der Waals surface area contributed by atoms with Crippen LogP contribution in [0.5, 0.6) is 5.75 Å². The van der Waals surface area contributed by atoms with Gasteiger partial charge >= 0.3 is 5.69 Å². The molecule has 0 N–H and O–H groups in total. The lowest BCUT2D eigenvalue weighted by Gasteiger charge is -2.15. The van der Waals surface area contributed by atoms with Gasteiger partial charge in [-0.05, 0) is 71.3 Å². The number of aromatic nitrogens is 5. The van der Waals surface area contributed by atoms with Gasteiger partial charge in [0.05, 0.1) is 11.4 Å². The number of benzene rings is 2. The van der Waals surface area contributed by atoms with Gasteiger partial charge in [-0.2, -0.15) is 9.36 Å². The summed E-state index contributed by atoms with van der Waals surface area (Å²) in [5.74, 6) is 0.790. The Bertz CT molecular complexity index is 1230. The van der Waals surface area contributed by atoms with Crippen molar-refractivity contribution in [1.29, 1.82) is 0 Å². The molecule has 0 aliphatic heterocycles. The molecule has 0 aliphatic rings. The van der Waals surface area contributed by atoms with Crippen LogP contribution in [0, 0.1) is 6.92 Å². The summed E-state index contributed by atoms with van der Waals surface area (Å²) < 4.78 is 8.70. The largest absolute Gasteiger partial charge is 0.489 e. The van der Waals surface area contributed by atoms with Crippen LogP contribution in [0.2, 0.25) is 0 Å². The second kappa shape index (κ2) is 8.32. The second-order valence-corrected chi connectivity index (χ2v) is 7.05.